The van der Waals surface area contributed by atoms with Crippen molar-refractivity contribution in [3.05, 3.63) is 47.4 Å². The van der Waals surface area contributed by atoms with Crippen LogP contribution in [-0.2, 0) is 10.3 Å². The highest BCUT2D eigenvalue weighted by Gasteiger charge is 2.52. The Hall–Kier alpha value is -2.39. The molecule has 9 heteroatoms. The van der Waals surface area contributed by atoms with E-state index in [2.05, 4.69) is 28.8 Å². The van der Waals surface area contributed by atoms with E-state index in [-0.39, 0.29) is 11.9 Å². The number of aliphatic imine (C=N–C) groups is 3. The van der Waals surface area contributed by atoms with Crippen molar-refractivity contribution in [3.63, 3.8) is 0 Å². The van der Waals surface area contributed by atoms with E-state index < -0.39 is 11.4 Å². The fraction of sp³-hybridized carbons (Fsp3) is 0.450. The zero-order valence-electron chi connectivity index (χ0n) is 17.0. The molecule has 0 amide bonds. The number of methoxy groups -OCH3 is 1. The molecule has 3 rings (SSSR count). The van der Waals surface area contributed by atoms with Crippen LogP contribution >= 0.6 is 11.9 Å². The maximum absolute atomic E-state index is 14.3. The van der Waals surface area contributed by atoms with Crippen LogP contribution in [0.25, 0.3) is 0 Å². The van der Waals surface area contributed by atoms with E-state index >= 15 is 0 Å². The van der Waals surface area contributed by atoms with Gasteiger partial charge in [-0.3, -0.25) is 4.31 Å². The van der Waals surface area contributed by atoms with Crippen LogP contribution < -0.4 is 5.73 Å². The second kappa shape index (κ2) is 8.96. The molecule has 2 atom stereocenters. The van der Waals surface area contributed by atoms with Crippen molar-refractivity contribution in [2.24, 2.45) is 20.7 Å². The number of nitrogens with zero attached hydrogens (tertiary/aromatic N) is 5. The van der Waals surface area contributed by atoms with Gasteiger partial charge in [0.25, 0.3) is 0 Å². The first-order valence-electron chi connectivity index (χ1n) is 9.43. The maximum Gasteiger partial charge on any atom is 0.225 e. The van der Waals surface area contributed by atoms with Gasteiger partial charge in [0.2, 0.25) is 11.9 Å². The Labute approximate surface area is 175 Å². The number of hydrogen-bond donors (Lipinski definition) is 1. The number of allylic oxidation sites excluding steroid dienone is 1. The molecule has 2 unspecified atom stereocenters. The number of ether oxygens (including phenoxy) is 1. The molecule has 2 aliphatic rings. The van der Waals surface area contributed by atoms with Gasteiger partial charge in [0.1, 0.15) is 11.4 Å². The molecule has 2 N–H and O–H groups in total. The van der Waals surface area contributed by atoms with Crippen LogP contribution in [0.4, 0.5) is 4.39 Å². The molecule has 2 aliphatic heterocycles. The average Bonchev–Trinajstić information content (AvgIpc) is 3.09. The summed E-state index contributed by atoms with van der Waals surface area (Å²) in [6, 6.07) is 10.1. The summed E-state index contributed by atoms with van der Waals surface area (Å²) in [4.78, 5) is 15.5. The summed E-state index contributed by atoms with van der Waals surface area (Å²) >= 11 is 1.64. The molecular formula is C20H27FN6OS. The molecule has 0 aromatic heterocycles. The summed E-state index contributed by atoms with van der Waals surface area (Å²) in [5.41, 5.74) is 7.04. The summed E-state index contributed by atoms with van der Waals surface area (Å²) in [5, 5.41) is 0.104. The first kappa shape index (κ1) is 21.3. The molecule has 0 saturated carbocycles. The number of guanidine groups is 2. The number of fused-ring (bicyclic) bond motifs is 1. The third-order valence-electron chi connectivity index (χ3n) is 5.12. The summed E-state index contributed by atoms with van der Waals surface area (Å²) in [5.74, 6) is 0.457. The minimum Gasteiger partial charge on any atom is -0.378 e. The molecule has 2 heterocycles. The zero-order valence-corrected chi connectivity index (χ0v) is 17.8. The average molecular weight is 419 g/mol. The fourth-order valence-corrected chi connectivity index (χ4v) is 4.86. The standard InChI is InChI=1S/C20H27FN6OS/c1-5-16(15(21)12-28-4)24-19(23-2)27-11-17-20(13-27,14-9-7-6-8-10-14)25-18(22)26(3)29-17/h6-10,17H,2,5,11-13H2,1,3-4H3,(H2,22,25)/b16-15+,24-19?. The monoisotopic (exact) mass is 418 g/mol. The SMILES string of the molecule is C=NC(=N/C(CC)=C(/F)COC)N1CC2SN(C)C(N)=NC2(c2ccccc2)C1. The van der Waals surface area contributed by atoms with Crippen LogP contribution in [0.2, 0.25) is 0 Å². The minimum atomic E-state index is -0.533. The Kier molecular flexibility index (Phi) is 6.59. The Morgan fingerprint density at radius 3 is 2.79 bits per heavy atom. The van der Waals surface area contributed by atoms with Crippen molar-refractivity contribution >= 4 is 30.6 Å². The number of rotatable bonds is 5. The van der Waals surface area contributed by atoms with Crippen LogP contribution in [0.15, 0.2) is 56.8 Å². The van der Waals surface area contributed by atoms with E-state index in [1.54, 1.807) is 11.9 Å². The predicted octanol–water partition coefficient (Wildman–Crippen LogP) is 2.77. The van der Waals surface area contributed by atoms with Gasteiger partial charge in [-0.1, -0.05) is 37.3 Å². The fourth-order valence-electron chi connectivity index (χ4n) is 3.65. The molecule has 7 nitrogen and oxygen atoms in total. The smallest absolute Gasteiger partial charge is 0.225 e. The zero-order chi connectivity index (χ0) is 21.0. The lowest BCUT2D eigenvalue weighted by Gasteiger charge is -2.38. The molecule has 0 spiro atoms. The number of likely N-dealkylation sites (tertiary alicyclic amines) is 1. The van der Waals surface area contributed by atoms with Gasteiger partial charge in [0, 0.05) is 20.7 Å². The molecule has 1 aromatic carbocycles. The van der Waals surface area contributed by atoms with Crippen LogP contribution in [0, 0.1) is 0 Å². The summed E-state index contributed by atoms with van der Waals surface area (Å²) in [7, 11) is 3.36. The summed E-state index contributed by atoms with van der Waals surface area (Å²) in [6.45, 7) is 6.57. The lowest BCUT2D eigenvalue weighted by Crippen LogP contribution is -2.46. The number of hydrogen-bond acceptors (Lipinski definition) is 6. The summed E-state index contributed by atoms with van der Waals surface area (Å²) < 4.78 is 21.1. The van der Waals surface area contributed by atoms with Crippen molar-refractivity contribution < 1.29 is 9.13 Å². The molecule has 156 valence electrons. The number of benzene rings is 1. The normalized spacial score (nSPS) is 25.4. The maximum atomic E-state index is 14.3. The van der Waals surface area contributed by atoms with Gasteiger partial charge in [0.05, 0.1) is 24.1 Å². The highest BCUT2D eigenvalue weighted by Crippen LogP contribution is 2.46. The van der Waals surface area contributed by atoms with Crippen molar-refractivity contribution in [2.45, 2.75) is 24.1 Å². The van der Waals surface area contributed by atoms with Gasteiger partial charge in [-0.15, -0.1) is 0 Å². The molecule has 1 fully saturated rings. The van der Waals surface area contributed by atoms with Crippen LogP contribution in [0.1, 0.15) is 18.9 Å². The Bertz CT molecular complexity index is 843. The van der Waals surface area contributed by atoms with E-state index in [4.69, 9.17) is 15.5 Å². The number of halogens is 1. The lowest BCUT2D eigenvalue weighted by molar-refractivity contribution is 0.204. The molecule has 1 saturated heterocycles. The first-order valence-corrected chi connectivity index (χ1v) is 10.3. The van der Waals surface area contributed by atoms with E-state index in [0.717, 1.165) is 5.56 Å². The predicted molar refractivity (Wildman–Crippen MR) is 118 cm³/mol. The second-order valence-corrected chi connectivity index (χ2v) is 8.27. The van der Waals surface area contributed by atoms with E-state index in [0.29, 0.717) is 37.1 Å². The molecule has 29 heavy (non-hydrogen) atoms. The van der Waals surface area contributed by atoms with Gasteiger partial charge in [-0.05, 0) is 30.6 Å². The van der Waals surface area contributed by atoms with Gasteiger partial charge in [0.15, 0.2) is 0 Å². The highest BCUT2D eigenvalue weighted by atomic mass is 32.2. The molecular weight excluding hydrogens is 391 g/mol. The first-order chi connectivity index (χ1) is 13.9. The third-order valence-corrected chi connectivity index (χ3v) is 6.42. The van der Waals surface area contributed by atoms with Gasteiger partial charge in [-0.2, -0.15) is 0 Å². The highest BCUT2D eigenvalue weighted by molar-refractivity contribution is 7.98. The summed E-state index contributed by atoms with van der Waals surface area (Å²) in [6.07, 6.45) is 0.428. The molecule has 0 bridgehead atoms. The minimum absolute atomic E-state index is 0.104. The third kappa shape index (κ3) is 4.16. The van der Waals surface area contributed by atoms with E-state index in [1.165, 1.54) is 7.11 Å². The second-order valence-electron chi connectivity index (χ2n) is 6.94. The van der Waals surface area contributed by atoms with Crippen LogP contribution in [0.3, 0.4) is 0 Å². The van der Waals surface area contributed by atoms with Crippen molar-refractivity contribution in [2.75, 3.05) is 33.9 Å². The topological polar surface area (TPSA) is 78.8 Å². The lowest BCUT2D eigenvalue weighted by atomic mass is 9.89. The molecule has 0 radical (unpaired) electrons. The van der Waals surface area contributed by atoms with E-state index in [1.807, 2.05) is 41.4 Å². The van der Waals surface area contributed by atoms with E-state index in [9.17, 15) is 4.39 Å². The van der Waals surface area contributed by atoms with Crippen molar-refractivity contribution in [1.29, 1.82) is 0 Å². The van der Waals surface area contributed by atoms with Crippen LogP contribution in [0.5, 0.6) is 0 Å². The van der Waals surface area contributed by atoms with Crippen molar-refractivity contribution in [1.82, 2.24) is 9.21 Å². The Morgan fingerprint density at radius 2 is 2.17 bits per heavy atom. The Morgan fingerprint density at radius 1 is 1.45 bits per heavy atom. The van der Waals surface area contributed by atoms with Gasteiger partial charge < -0.3 is 15.4 Å². The molecule has 0 aliphatic carbocycles. The van der Waals surface area contributed by atoms with Crippen LogP contribution in [-0.4, -0.2) is 66.9 Å². The molecule has 1 aromatic rings. The number of nitrogens with two attached hydrogens (primary N) is 1. The van der Waals surface area contributed by atoms with Crippen molar-refractivity contribution in [3.8, 4) is 0 Å². The largest absolute Gasteiger partial charge is 0.378 e. The Balaban J connectivity index is 2.00. The quantitative estimate of drug-likeness (QED) is 0.452. The van der Waals surface area contributed by atoms with Gasteiger partial charge in [-0.25, -0.2) is 19.4 Å². The van der Waals surface area contributed by atoms with Gasteiger partial charge >= 0.3 is 0 Å².